The van der Waals surface area contributed by atoms with E-state index in [-0.39, 0.29) is 5.82 Å². The van der Waals surface area contributed by atoms with Gasteiger partial charge in [-0.2, -0.15) is 0 Å². The fraction of sp³-hybridized carbons (Fsp3) is 0. The number of halogens is 2. The average molecular weight is 349 g/mol. The van der Waals surface area contributed by atoms with Gasteiger partial charge in [0.2, 0.25) is 0 Å². The first-order valence-corrected chi connectivity index (χ1v) is 7.53. The van der Waals surface area contributed by atoms with Crippen LogP contribution in [0.1, 0.15) is 0 Å². The Kier molecular flexibility index (Phi) is 3.54. The van der Waals surface area contributed by atoms with Crippen molar-refractivity contribution in [1.29, 1.82) is 0 Å². The maximum absolute atomic E-state index is 13.4. The van der Waals surface area contributed by atoms with E-state index in [4.69, 9.17) is 5.73 Å². The van der Waals surface area contributed by atoms with Crippen molar-refractivity contribution in [2.75, 3.05) is 5.73 Å². The van der Waals surface area contributed by atoms with Crippen molar-refractivity contribution in [3.63, 3.8) is 0 Å². The molecule has 0 fully saturated rings. The summed E-state index contributed by atoms with van der Waals surface area (Å²) >= 11 is 4.81. The standard InChI is InChI=1S/C15H10BrFN2S/c16-12-7-6-10(17)8-11(12)13-14(18)20-15(19-13)9-4-2-1-3-5-9/h1-8H,18H2. The number of rotatable bonds is 2. The Morgan fingerprint density at radius 1 is 1.10 bits per heavy atom. The van der Waals surface area contributed by atoms with Crippen molar-refractivity contribution in [2.24, 2.45) is 0 Å². The maximum atomic E-state index is 13.4. The molecule has 0 aliphatic rings. The van der Waals surface area contributed by atoms with E-state index >= 15 is 0 Å². The van der Waals surface area contributed by atoms with Crippen LogP contribution in [0.5, 0.6) is 0 Å². The summed E-state index contributed by atoms with van der Waals surface area (Å²) in [7, 11) is 0. The van der Waals surface area contributed by atoms with Crippen molar-refractivity contribution in [1.82, 2.24) is 4.98 Å². The van der Waals surface area contributed by atoms with Crippen LogP contribution in [0.15, 0.2) is 53.0 Å². The third-order valence-electron chi connectivity index (χ3n) is 2.86. The Bertz CT molecular complexity index is 756. The lowest BCUT2D eigenvalue weighted by Crippen LogP contribution is -1.88. The molecule has 2 nitrogen and oxygen atoms in total. The summed E-state index contributed by atoms with van der Waals surface area (Å²) in [5.41, 5.74) is 8.32. The molecule has 2 aromatic carbocycles. The summed E-state index contributed by atoms with van der Waals surface area (Å²) in [6, 6.07) is 14.3. The van der Waals surface area contributed by atoms with E-state index in [0.717, 1.165) is 15.0 Å². The highest BCUT2D eigenvalue weighted by molar-refractivity contribution is 9.10. The van der Waals surface area contributed by atoms with Gasteiger partial charge >= 0.3 is 0 Å². The fourth-order valence-electron chi connectivity index (χ4n) is 1.91. The predicted molar refractivity (Wildman–Crippen MR) is 85.1 cm³/mol. The van der Waals surface area contributed by atoms with Crippen LogP contribution in [-0.4, -0.2) is 4.98 Å². The summed E-state index contributed by atoms with van der Waals surface area (Å²) < 4.78 is 14.2. The monoisotopic (exact) mass is 348 g/mol. The van der Waals surface area contributed by atoms with E-state index < -0.39 is 0 Å². The van der Waals surface area contributed by atoms with Gasteiger partial charge in [-0.25, -0.2) is 9.37 Å². The molecule has 3 aromatic rings. The fourth-order valence-corrected chi connectivity index (χ4v) is 3.19. The summed E-state index contributed by atoms with van der Waals surface area (Å²) in [4.78, 5) is 4.55. The molecule has 0 radical (unpaired) electrons. The molecular weight excluding hydrogens is 339 g/mol. The lowest BCUT2D eigenvalue weighted by atomic mass is 10.1. The Morgan fingerprint density at radius 3 is 2.60 bits per heavy atom. The van der Waals surface area contributed by atoms with E-state index in [0.29, 0.717) is 16.3 Å². The Labute approximate surface area is 128 Å². The molecule has 5 heteroatoms. The van der Waals surface area contributed by atoms with E-state index in [1.165, 1.54) is 23.5 Å². The first-order valence-electron chi connectivity index (χ1n) is 5.92. The minimum absolute atomic E-state index is 0.308. The second kappa shape index (κ2) is 5.34. The van der Waals surface area contributed by atoms with Crippen molar-refractivity contribution in [3.05, 3.63) is 58.8 Å². The summed E-state index contributed by atoms with van der Waals surface area (Å²) in [5, 5.41) is 1.41. The third kappa shape index (κ3) is 2.46. The van der Waals surface area contributed by atoms with Crippen LogP contribution >= 0.6 is 27.3 Å². The number of thiazole rings is 1. The van der Waals surface area contributed by atoms with E-state index in [1.54, 1.807) is 6.07 Å². The van der Waals surface area contributed by atoms with Crippen LogP contribution in [0.3, 0.4) is 0 Å². The highest BCUT2D eigenvalue weighted by Gasteiger charge is 2.15. The van der Waals surface area contributed by atoms with Gasteiger partial charge < -0.3 is 5.73 Å². The lowest BCUT2D eigenvalue weighted by Gasteiger charge is -2.02. The maximum Gasteiger partial charge on any atom is 0.126 e. The molecule has 1 aromatic heterocycles. The molecule has 0 spiro atoms. The van der Waals surface area contributed by atoms with Crippen molar-refractivity contribution in [3.8, 4) is 21.8 Å². The van der Waals surface area contributed by atoms with Gasteiger partial charge in [-0.1, -0.05) is 57.6 Å². The van der Waals surface area contributed by atoms with Gasteiger partial charge in [0.1, 0.15) is 21.5 Å². The summed E-state index contributed by atoms with van der Waals surface area (Å²) in [6.45, 7) is 0. The minimum atomic E-state index is -0.308. The average Bonchev–Trinajstić information content (AvgIpc) is 2.84. The zero-order chi connectivity index (χ0) is 14.1. The first-order chi connectivity index (χ1) is 9.65. The summed E-state index contributed by atoms with van der Waals surface area (Å²) in [6.07, 6.45) is 0. The van der Waals surface area contributed by atoms with Gasteiger partial charge in [0.05, 0.1) is 0 Å². The second-order valence-electron chi connectivity index (χ2n) is 4.22. The van der Waals surface area contributed by atoms with E-state index in [2.05, 4.69) is 20.9 Å². The molecule has 100 valence electrons. The predicted octanol–water partition coefficient (Wildman–Crippen LogP) is 4.96. The highest BCUT2D eigenvalue weighted by atomic mass is 79.9. The quantitative estimate of drug-likeness (QED) is 0.710. The minimum Gasteiger partial charge on any atom is -0.389 e. The van der Waals surface area contributed by atoms with Gasteiger partial charge in [-0.05, 0) is 18.2 Å². The molecule has 0 amide bonds. The Balaban J connectivity index is 2.12. The molecule has 0 aliphatic carbocycles. The normalized spacial score (nSPS) is 10.7. The van der Waals surface area contributed by atoms with Gasteiger partial charge in [0.15, 0.2) is 0 Å². The second-order valence-corrected chi connectivity index (χ2v) is 6.11. The molecule has 3 rings (SSSR count). The molecule has 2 N–H and O–H groups in total. The number of nitrogens with two attached hydrogens (primary N) is 1. The number of nitrogen functional groups attached to an aromatic ring is 1. The van der Waals surface area contributed by atoms with Crippen molar-refractivity contribution < 1.29 is 4.39 Å². The van der Waals surface area contributed by atoms with Crippen molar-refractivity contribution in [2.45, 2.75) is 0 Å². The molecule has 0 bridgehead atoms. The zero-order valence-corrected chi connectivity index (χ0v) is 12.7. The zero-order valence-electron chi connectivity index (χ0n) is 10.3. The molecular formula is C15H10BrFN2S. The number of anilines is 1. The Hall–Kier alpha value is -1.72. The largest absolute Gasteiger partial charge is 0.389 e. The Morgan fingerprint density at radius 2 is 1.85 bits per heavy atom. The number of hydrogen-bond donors (Lipinski definition) is 1. The van der Waals surface area contributed by atoms with Gasteiger partial charge in [-0.15, -0.1) is 0 Å². The SMILES string of the molecule is Nc1sc(-c2ccccc2)nc1-c1cc(F)ccc1Br. The molecule has 1 heterocycles. The van der Waals surface area contributed by atoms with Crippen LogP contribution in [0, 0.1) is 5.82 Å². The van der Waals surface area contributed by atoms with Gasteiger partial charge in [-0.3, -0.25) is 0 Å². The van der Waals surface area contributed by atoms with E-state index in [9.17, 15) is 4.39 Å². The van der Waals surface area contributed by atoms with Crippen LogP contribution < -0.4 is 5.73 Å². The smallest absolute Gasteiger partial charge is 0.126 e. The number of aromatic nitrogens is 1. The van der Waals surface area contributed by atoms with Crippen LogP contribution in [-0.2, 0) is 0 Å². The molecule has 0 aliphatic heterocycles. The third-order valence-corrected chi connectivity index (χ3v) is 4.48. The highest BCUT2D eigenvalue weighted by Crippen LogP contribution is 2.38. The van der Waals surface area contributed by atoms with Crippen LogP contribution in [0.4, 0.5) is 9.39 Å². The summed E-state index contributed by atoms with van der Waals surface area (Å²) in [5.74, 6) is -0.308. The molecule has 0 unspecified atom stereocenters. The van der Waals surface area contributed by atoms with Crippen LogP contribution in [0.2, 0.25) is 0 Å². The van der Waals surface area contributed by atoms with Crippen LogP contribution in [0.25, 0.3) is 21.8 Å². The molecule has 0 atom stereocenters. The molecule has 0 saturated carbocycles. The molecule has 0 saturated heterocycles. The number of benzene rings is 2. The number of hydrogen-bond acceptors (Lipinski definition) is 3. The van der Waals surface area contributed by atoms with E-state index in [1.807, 2.05) is 30.3 Å². The van der Waals surface area contributed by atoms with Gasteiger partial charge in [0.25, 0.3) is 0 Å². The first kappa shape index (κ1) is 13.3. The lowest BCUT2D eigenvalue weighted by molar-refractivity contribution is 0.628. The van der Waals surface area contributed by atoms with Gasteiger partial charge in [0, 0.05) is 15.6 Å². The topological polar surface area (TPSA) is 38.9 Å². The molecule has 20 heavy (non-hydrogen) atoms. The van der Waals surface area contributed by atoms with Crippen molar-refractivity contribution >= 4 is 32.3 Å². The number of nitrogens with zero attached hydrogens (tertiary/aromatic N) is 1.